The molecule has 0 heterocycles. The van der Waals surface area contributed by atoms with E-state index >= 15 is 0 Å². The Labute approximate surface area is 162 Å². The van der Waals surface area contributed by atoms with Crippen LogP contribution < -0.4 is 5.32 Å². The van der Waals surface area contributed by atoms with E-state index in [4.69, 9.17) is 0 Å². The van der Waals surface area contributed by atoms with Crippen molar-refractivity contribution in [1.29, 1.82) is 0 Å². The van der Waals surface area contributed by atoms with Crippen molar-refractivity contribution in [3.8, 4) is 0 Å². The number of rotatable bonds is 10. The van der Waals surface area contributed by atoms with Gasteiger partial charge in [0.15, 0.2) is 0 Å². The van der Waals surface area contributed by atoms with Crippen molar-refractivity contribution in [3.63, 3.8) is 0 Å². The molecule has 0 aliphatic rings. The highest BCUT2D eigenvalue weighted by molar-refractivity contribution is 7.89. The molecular formula is C21H28N2O3S. The van der Waals surface area contributed by atoms with Crippen LogP contribution in [0.2, 0.25) is 0 Å². The molecule has 0 aliphatic heterocycles. The zero-order valence-corrected chi connectivity index (χ0v) is 16.8. The number of sulfonamides is 1. The van der Waals surface area contributed by atoms with E-state index in [-0.39, 0.29) is 29.8 Å². The Kier molecular flexibility index (Phi) is 8.00. The number of hydrogen-bond acceptors (Lipinski definition) is 3. The molecule has 0 aromatic heterocycles. The fourth-order valence-electron chi connectivity index (χ4n) is 2.80. The summed E-state index contributed by atoms with van der Waals surface area (Å²) in [6, 6.07) is 18.1. The topological polar surface area (TPSA) is 66.5 Å². The minimum absolute atomic E-state index is 0.137. The Balaban J connectivity index is 1.93. The summed E-state index contributed by atoms with van der Waals surface area (Å²) in [6.07, 6.45) is 1.58. The second-order valence-corrected chi connectivity index (χ2v) is 8.41. The van der Waals surface area contributed by atoms with Gasteiger partial charge in [-0.3, -0.25) is 4.79 Å². The number of nitrogens with zero attached hydrogens (tertiary/aromatic N) is 1. The number of amides is 1. The zero-order valence-electron chi connectivity index (χ0n) is 16.0. The van der Waals surface area contributed by atoms with E-state index in [1.54, 1.807) is 30.3 Å². The van der Waals surface area contributed by atoms with Crippen molar-refractivity contribution in [1.82, 2.24) is 9.62 Å². The van der Waals surface area contributed by atoms with Gasteiger partial charge in [0.05, 0.1) is 4.90 Å². The molecule has 1 unspecified atom stereocenters. The van der Waals surface area contributed by atoms with Gasteiger partial charge in [0.1, 0.15) is 0 Å². The van der Waals surface area contributed by atoms with Crippen molar-refractivity contribution >= 4 is 15.9 Å². The van der Waals surface area contributed by atoms with Crippen molar-refractivity contribution in [3.05, 3.63) is 66.2 Å². The lowest BCUT2D eigenvalue weighted by Crippen LogP contribution is -2.41. The van der Waals surface area contributed by atoms with Crippen LogP contribution in [0.25, 0.3) is 0 Å². The van der Waals surface area contributed by atoms with Crippen molar-refractivity contribution < 1.29 is 13.2 Å². The third-order valence-electron chi connectivity index (χ3n) is 4.57. The largest absolute Gasteiger partial charge is 0.356 e. The van der Waals surface area contributed by atoms with Gasteiger partial charge in [-0.05, 0) is 37.5 Å². The van der Waals surface area contributed by atoms with Crippen LogP contribution in [-0.2, 0) is 21.2 Å². The highest BCUT2D eigenvalue weighted by Crippen LogP contribution is 2.19. The minimum atomic E-state index is -3.62. The van der Waals surface area contributed by atoms with E-state index < -0.39 is 10.0 Å². The van der Waals surface area contributed by atoms with E-state index in [1.807, 2.05) is 44.2 Å². The first-order chi connectivity index (χ1) is 12.9. The number of nitrogens with one attached hydrogen (secondary N) is 1. The van der Waals surface area contributed by atoms with Crippen molar-refractivity contribution in [2.45, 2.75) is 44.0 Å². The van der Waals surface area contributed by atoms with E-state index in [0.717, 1.165) is 12.0 Å². The first kappa shape index (κ1) is 21.1. The Morgan fingerprint density at radius 3 is 2.22 bits per heavy atom. The molecule has 1 N–H and O–H groups in total. The molecule has 0 aliphatic carbocycles. The zero-order chi connectivity index (χ0) is 19.7. The molecule has 6 heteroatoms. The van der Waals surface area contributed by atoms with Gasteiger partial charge in [-0.1, -0.05) is 55.5 Å². The van der Waals surface area contributed by atoms with E-state index in [9.17, 15) is 13.2 Å². The predicted octanol–water partition coefficient (Wildman–Crippen LogP) is 3.22. The van der Waals surface area contributed by atoms with Crippen LogP contribution in [0.5, 0.6) is 0 Å². The monoisotopic (exact) mass is 388 g/mol. The highest BCUT2D eigenvalue weighted by atomic mass is 32.2. The second kappa shape index (κ2) is 10.2. The maximum atomic E-state index is 12.9. The Morgan fingerprint density at radius 1 is 1.04 bits per heavy atom. The lowest BCUT2D eigenvalue weighted by Gasteiger charge is -2.27. The summed E-state index contributed by atoms with van der Waals surface area (Å²) < 4.78 is 27.3. The van der Waals surface area contributed by atoms with Crippen LogP contribution in [0.15, 0.2) is 65.6 Å². The van der Waals surface area contributed by atoms with Crippen LogP contribution in [0.1, 0.15) is 32.3 Å². The summed E-state index contributed by atoms with van der Waals surface area (Å²) >= 11 is 0. The van der Waals surface area contributed by atoms with Crippen molar-refractivity contribution in [2.24, 2.45) is 0 Å². The molecule has 146 valence electrons. The molecule has 2 aromatic carbocycles. The number of hydrogen-bond donors (Lipinski definition) is 1. The number of carbonyl (C=O) groups is 1. The Morgan fingerprint density at radius 2 is 1.63 bits per heavy atom. The molecule has 0 saturated heterocycles. The first-order valence-corrected chi connectivity index (χ1v) is 10.8. The van der Waals surface area contributed by atoms with E-state index in [0.29, 0.717) is 13.0 Å². The fraction of sp³-hybridized carbons (Fsp3) is 0.381. The molecule has 0 bridgehead atoms. The molecule has 2 rings (SSSR count). The van der Waals surface area contributed by atoms with Crippen LogP contribution in [0.3, 0.4) is 0 Å². The third-order valence-corrected chi connectivity index (χ3v) is 6.60. The average Bonchev–Trinajstić information content (AvgIpc) is 2.69. The minimum Gasteiger partial charge on any atom is -0.356 e. The number of benzene rings is 2. The van der Waals surface area contributed by atoms with Gasteiger partial charge in [0.2, 0.25) is 15.9 Å². The average molecular weight is 389 g/mol. The molecular weight excluding hydrogens is 360 g/mol. The summed E-state index contributed by atoms with van der Waals surface area (Å²) in [4.78, 5) is 12.4. The molecule has 0 spiro atoms. The molecule has 27 heavy (non-hydrogen) atoms. The summed E-state index contributed by atoms with van der Waals surface area (Å²) in [6.45, 7) is 4.52. The van der Waals surface area contributed by atoms with Gasteiger partial charge in [-0.15, -0.1) is 0 Å². The SMILES string of the molecule is CCC(C)N(CCC(=O)NCCc1ccccc1)S(=O)(=O)c1ccccc1. The number of carbonyl (C=O) groups excluding carboxylic acids is 1. The van der Waals surface area contributed by atoms with Gasteiger partial charge in [-0.25, -0.2) is 8.42 Å². The van der Waals surface area contributed by atoms with Gasteiger partial charge in [0, 0.05) is 25.6 Å². The van der Waals surface area contributed by atoms with Crippen LogP contribution in [0.4, 0.5) is 0 Å². The van der Waals surface area contributed by atoms with Gasteiger partial charge in [0.25, 0.3) is 0 Å². The Bertz CT molecular complexity index is 808. The Hall–Kier alpha value is -2.18. The van der Waals surface area contributed by atoms with Gasteiger partial charge >= 0.3 is 0 Å². The van der Waals surface area contributed by atoms with Crippen LogP contribution >= 0.6 is 0 Å². The molecule has 0 saturated carbocycles. The summed E-state index contributed by atoms with van der Waals surface area (Å²) in [5.74, 6) is -0.137. The summed E-state index contributed by atoms with van der Waals surface area (Å²) in [5, 5.41) is 2.87. The molecule has 0 radical (unpaired) electrons. The molecule has 1 amide bonds. The van der Waals surface area contributed by atoms with E-state index in [1.165, 1.54) is 4.31 Å². The smallest absolute Gasteiger partial charge is 0.243 e. The third kappa shape index (κ3) is 6.19. The maximum absolute atomic E-state index is 12.9. The fourth-order valence-corrected chi connectivity index (χ4v) is 4.53. The quantitative estimate of drug-likeness (QED) is 0.680. The standard InChI is InChI=1S/C21H28N2O3S/c1-3-18(2)23(27(25,26)20-12-8-5-9-13-20)17-15-21(24)22-16-14-19-10-6-4-7-11-19/h4-13,18H,3,14-17H2,1-2H3,(H,22,24). The lowest BCUT2D eigenvalue weighted by molar-refractivity contribution is -0.121. The molecule has 2 aromatic rings. The second-order valence-electron chi connectivity index (χ2n) is 6.52. The van der Waals surface area contributed by atoms with E-state index in [2.05, 4.69) is 5.32 Å². The lowest BCUT2D eigenvalue weighted by atomic mass is 10.1. The van der Waals surface area contributed by atoms with Gasteiger partial charge in [-0.2, -0.15) is 4.31 Å². The van der Waals surface area contributed by atoms with Crippen molar-refractivity contribution in [2.75, 3.05) is 13.1 Å². The van der Waals surface area contributed by atoms with Gasteiger partial charge < -0.3 is 5.32 Å². The summed E-state index contributed by atoms with van der Waals surface area (Å²) in [7, 11) is -3.62. The highest BCUT2D eigenvalue weighted by Gasteiger charge is 2.28. The molecule has 0 fully saturated rings. The molecule has 5 nitrogen and oxygen atoms in total. The predicted molar refractivity (Wildman–Crippen MR) is 108 cm³/mol. The first-order valence-electron chi connectivity index (χ1n) is 9.32. The normalized spacial score (nSPS) is 12.7. The van der Waals surface area contributed by atoms with Crippen LogP contribution in [0, 0.1) is 0 Å². The molecule has 1 atom stereocenters. The van der Waals surface area contributed by atoms with Crippen LogP contribution in [-0.4, -0.2) is 37.8 Å². The maximum Gasteiger partial charge on any atom is 0.243 e. The summed E-state index contributed by atoms with van der Waals surface area (Å²) in [5.41, 5.74) is 1.16.